The largest absolute Gasteiger partial charge is 0.287 e. The average Bonchev–Trinajstić information content (AvgIpc) is 2.42. The average molecular weight is 157 g/mol. The van der Waals surface area contributed by atoms with Gasteiger partial charge in [-0.15, -0.1) is 0 Å². The highest BCUT2D eigenvalue weighted by Crippen LogP contribution is 2.50. The van der Waals surface area contributed by atoms with Crippen molar-refractivity contribution in [3.63, 3.8) is 0 Å². The maximum Gasteiger partial charge on any atom is 0.285 e. The van der Waals surface area contributed by atoms with Crippen molar-refractivity contribution in [1.82, 2.24) is 5.32 Å². The SMILES string of the molecule is C[C@H]1C2SC(=O)NC(=O)C21. The smallest absolute Gasteiger partial charge is 0.285 e. The van der Waals surface area contributed by atoms with Gasteiger partial charge in [-0.1, -0.05) is 18.7 Å². The summed E-state index contributed by atoms with van der Waals surface area (Å²) in [4.78, 5) is 21.6. The normalized spacial score (nSPS) is 44.3. The van der Waals surface area contributed by atoms with Gasteiger partial charge in [-0.05, 0) is 5.92 Å². The molecule has 0 radical (unpaired) electrons. The number of carbonyl (C=O) groups is 2. The maximum absolute atomic E-state index is 10.9. The Hall–Kier alpha value is -0.510. The van der Waals surface area contributed by atoms with Gasteiger partial charge in [0.15, 0.2) is 0 Å². The van der Waals surface area contributed by atoms with Crippen LogP contribution in [-0.2, 0) is 4.79 Å². The van der Waals surface area contributed by atoms with Crippen LogP contribution in [0.15, 0.2) is 0 Å². The summed E-state index contributed by atoms with van der Waals surface area (Å²) in [5.74, 6) is 0.431. The van der Waals surface area contributed by atoms with Crippen LogP contribution in [0.1, 0.15) is 6.92 Å². The number of hydrogen-bond donors (Lipinski definition) is 1. The van der Waals surface area contributed by atoms with E-state index < -0.39 is 0 Å². The summed E-state index contributed by atoms with van der Waals surface area (Å²) in [5.41, 5.74) is 0. The zero-order valence-electron chi connectivity index (χ0n) is 5.46. The highest BCUT2D eigenvalue weighted by atomic mass is 32.2. The van der Waals surface area contributed by atoms with E-state index in [9.17, 15) is 9.59 Å². The van der Waals surface area contributed by atoms with Crippen molar-refractivity contribution < 1.29 is 9.59 Å². The third kappa shape index (κ3) is 0.683. The lowest BCUT2D eigenvalue weighted by atomic mass is 10.3. The van der Waals surface area contributed by atoms with Gasteiger partial charge < -0.3 is 0 Å². The van der Waals surface area contributed by atoms with Crippen molar-refractivity contribution in [2.24, 2.45) is 11.8 Å². The van der Waals surface area contributed by atoms with Gasteiger partial charge >= 0.3 is 0 Å². The highest BCUT2D eigenvalue weighted by Gasteiger charge is 2.56. The minimum atomic E-state index is -0.185. The Morgan fingerprint density at radius 1 is 1.50 bits per heavy atom. The summed E-state index contributed by atoms with van der Waals surface area (Å²) in [6, 6.07) is 0. The predicted molar refractivity (Wildman–Crippen MR) is 37.6 cm³/mol. The molecule has 3 nitrogen and oxygen atoms in total. The zero-order valence-corrected chi connectivity index (χ0v) is 6.27. The van der Waals surface area contributed by atoms with Gasteiger partial charge in [0, 0.05) is 5.25 Å². The lowest BCUT2D eigenvalue weighted by molar-refractivity contribution is -0.121. The number of amides is 2. The van der Waals surface area contributed by atoms with Gasteiger partial charge in [0.05, 0.1) is 5.92 Å². The second kappa shape index (κ2) is 1.75. The summed E-state index contributed by atoms with van der Waals surface area (Å²) >= 11 is 1.26. The van der Waals surface area contributed by atoms with Crippen LogP contribution in [0.5, 0.6) is 0 Å². The Balaban J connectivity index is 2.16. The number of nitrogens with one attached hydrogen (secondary N) is 1. The molecule has 1 heterocycles. The van der Waals surface area contributed by atoms with E-state index in [4.69, 9.17) is 0 Å². The van der Waals surface area contributed by atoms with Gasteiger partial charge in [0.25, 0.3) is 5.24 Å². The van der Waals surface area contributed by atoms with Crippen LogP contribution in [0.2, 0.25) is 0 Å². The first-order chi connectivity index (χ1) is 4.70. The van der Waals surface area contributed by atoms with Crippen LogP contribution in [0, 0.1) is 11.8 Å². The minimum absolute atomic E-state index is 0.0822. The second-order valence-corrected chi connectivity index (χ2v) is 3.89. The Morgan fingerprint density at radius 2 is 2.20 bits per heavy atom. The molecule has 0 aromatic rings. The monoisotopic (exact) mass is 157 g/mol. The van der Waals surface area contributed by atoms with Gasteiger partial charge in [0.2, 0.25) is 5.91 Å². The molecular weight excluding hydrogens is 150 g/mol. The molecule has 1 aliphatic carbocycles. The summed E-state index contributed by atoms with van der Waals surface area (Å²) in [5, 5.41) is 2.38. The molecule has 2 unspecified atom stereocenters. The number of fused-ring (bicyclic) bond motifs is 1. The molecule has 2 amide bonds. The lowest BCUT2D eigenvalue weighted by Gasteiger charge is -2.06. The Labute approximate surface area is 62.5 Å². The topological polar surface area (TPSA) is 46.2 Å². The third-order valence-electron chi connectivity index (χ3n) is 2.07. The first kappa shape index (κ1) is 6.22. The van der Waals surface area contributed by atoms with E-state index in [1.165, 1.54) is 11.8 Å². The molecule has 10 heavy (non-hydrogen) atoms. The molecular formula is C6H7NO2S. The van der Waals surface area contributed by atoms with Gasteiger partial charge in [-0.25, -0.2) is 0 Å². The fraction of sp³-hybridized carbons (Fsp3) is 0.667. The molecule has 0 spiro atoms. The van der Waals surface area contributed by atoms with E-state index in [0.717, 1.165) is 0 Å². The van der Waals surface area contributed by atoms with Gasteiger partial charge in [-0.2, -0.15) is 0 Å². The van der Waals surface area contributed by atoms with Crippen LogP contribution in [0.3, 0.4) is 0 Å². The summed E-state index contributed by atoms with van der Waals surface area (Å²) in [6.07, 6.45) is 0. The molecule has 54 valence electrons. The van der Waals surface area contributed by atoms with Crippen molar-refractivity contribution in [3.05, 3.63) is 0 Å². The van der Waals surface area contributed by atoms with E-state index in [2.05, 4.69) is 5.32 Å². The molecule has 4 heteroatoms. The summed E-state index contributed by atoms with van der Waals surface area (Å²) < 4.78 is 0. The second-order valence-electron chi connectivity index (χ2n) is 2.74. The molecule has 2 fully saturated rings. The van der Waals surface area contributed by atoms with E-state index in [1.807, 2.05) is 6.92 Å². The van der Waals surface area contributed by atoms with Crippen LogP contribution in [-0.4, -0.2) is 16.4 Å². The van der Waals surface area contributed by atoms with Crippen molar-refractivity contribution in [3.8, 4) is 0 Å². The summed E-state index contributed by atoms with van der Waals surface area (Å²) in [7, 11) is 0. The van der Waals surface area contributed by atoms with E-state index in [-0.39, 0.29) is 22.3 Å². The fourth-order valence-electron chi connectivity index (χ4n) is 1.33. The summed E-state index contributed by atoms with van der Waals surface area (Å²) in [6.45, 7) is 2.00. The Morgan fingerprint density at radius 3 is 2.80 bits per heavy atom. The van der Waals surface area contributed by atoms with Crippen LogP contribution < -0.4 is 5.32 Å². The molecule has 1 saturated carbocycles. The van der Waals surface area contributed by atoms with Crippen molar-refractivity contribution in [1.29, 1.82) is 0 Å². The van der Waals surface area contributed by atoms with Crippen LogP contribution >= 0.6 is 11.8 Å². The van der Waals surface area contributed by atoms with E-state index in [1.54, 1.807) is 0 Å². The van der Waals surface area contributed by atoms with E-state index in [0.29, 0.717) is 5.92 Å². The molecule has 2 rings (SSSR count). The van der Waals surface area contributed by atoms with E-state index >= 15 is 0 Å². The van der Waals surface area contributed by atoms with Crippen molar-refractivity contribution in [2.45, 2.75) is 12.2 Å². The number of thioether (sulfide) groups is 1. The molecule has 0 bridgehead atoms. The molecule has 0 aromatic carbocycles. The number of rotatable bonds is 0. The predicted octanol–water partition coefficient (Wildman–Crippen LogP) is 0.604. The first-order valence-corrected chi connectivity index (χ1v) is 4.09. The molecule has 3 atom stereocenters. The van der Waals surface area contributed by atoms with Crippen molar-refractivity contribution >= 4 is 22.9 Å². The van der Waals surface area contributed by atoms with Gasteiger partial charge in [-0.3, -0.25) is 14.9 Å². The Bertz CT molecular complexity index is 216. The molecule has 1 aliphatic heterocycles. The quantitative estimate of drug-likeness (QED) is 0.560. The zero-order chi connectivity index (χ0) is 7.30. The lowest BCUT2D eigenvalue weighted by Crippen LogP contribution is -2.33. The fourth-order valence-corrected chi connectivity index (χ4v) is 2.55. The number of hydrogen-bond acceptors (Lipinski definition) is 3. The third-order valence-corrected chi connectivity index (χ3v) is 3.38. The Kier molecular flexibility index (Phi) is 1.09. The van der Waals surface area contributed by atoms with Crippen molar-refractivity contribution in [2.75, 3.05) is 0 Å². The van der Waals surface area contributed by atoms with Crippen LogP contribution in [0.25, 0.3) is 0 Å². The van der Waals surface area contributed by atoms with Crippen LogP contribution in [0.4, 0.5) is 4.79 Å². The minimum Gasteiger partial charge on any atom is -0.287 e. The maximum atomic E-state index is 10.9. The number of carbonyl (C=O) groups excluding carboxylic acids is 2. The molecule has 2 aliphatic rings. The highest BCUT2D eigenvalue weighted by molar-refractivity contribution is 8.14. The van der Waals surface area contributed by atoms with Gasteiger partial charge in [0.1, 0.15) is 0 Å². The molecule has 1 saturated heterocycles. The number of imide groups is 1. The standard InChI is InChI=1S/C6H7NO2S/c1-2-3-4(2)10-6(9)7-5(3)8/h2-4H,1H3,(H,7,8,9)/t2-,3?,4?/m1/s1. The first-order valence-electron chi connectivity index (χ1n) is 3.21. The molecule has 0 aromatic heterocycles. The molecule has 1 N–H and O–H groups in total.